The molecule has 0 radical (unpaired) electrons. The molecule has 0 fully saturated rings. The molecule has 26 heavy (non-hydrogen) atoms. The first kappa shape index (κ1) is 17.4. The van der Waals surface area contributed by atoms with E-state index in [2.05, 4.69) is 20.6 Å². The van der Waals surface area contributed by atoms with Crippen LogP contribution in [0.4, 0.5) is 0 Å². The zero-order valence-corrected chi connectivity index (χ0v) is 15.7. The number of thiophene rings is 1. The van der Waals surface area contributed by atoms with Crippen LogP contribution in [0, 0.1) is 0 Å². The van der Waals surface area contributed by atoms with Gasteiger partial charge in [0.2, 0.25) is 15.9 Å². The molecule has 0 saturated carbocycles. The molecule has 1 aliphatic carbocycles. The number of amides is 1. The summed E-state index contributed by atoms with van der Waals surface area (Å²) in [6.45, 7) is 0. The highest BCUT2D eigenvalue weighted by Gasteiger charge is 2.28. The second-order valence-electron chi connectivity index (χ2n) is 6.52. The molecular formula is C18H19N3O3S2. The normalized spacial score (nSPS) is 20.2. The van der Waals surface area contributed by atoms with Crippen molar-refractivity contribution in [3.8, 4) is 0 Å². The number of rotatable bonds is 4. The standard InChI is InChI=1S/C18H19N3O3S2/c22-18-9-7-16(19-20-18)15-11-25-17-8-6-12(10-14(15)17)21-26(23,24)13-4-2-1-3-5-13/h1-5,11-12,21H,6-10H2,(H,20,22). The Bertz CT molecular complexity index is 965. The molecule has 6 nitrogen and oxygen atoms in total. The molecular weight excluding hydrogens is 370 g/mol. The van der Waals surface area contributed by atoms with Crippen LogP contribution < -0.4 is 10.1 Å². The number of hydrogen-bond donors (Lipinski definition) is 2. The molecule has 0 saturated heterocycles. The molecule has 1 aliphatic heterocycles. The lowest BCUT2D eigenvalue weighted by Crippen LogP contribution is -2.39. The predicted octanol–water partition coefficient (Wildman–Crippen LogP) is 2.20. The van der Waals surface area contributed by atoms with Gasteiger partial charge in [0, 0.05) is 34.7 Å². The molecule has 2 N–H and O–H groups in total. The Morgan fingerprint density at radius 3 is 2.69 bits per heavy atom. The molecule has 1 unspecified atom stereocenters. The van der Waals surface area contributed by atoms with E-state index in [9.17, 15) is 13.2 Å². The molecule has 1 aromatic carbocycles. The molecule has 8 heteroatoms. The molecule has 136 valence electrons. The first-order chi connectivity index (χ1) is 12.5. The van der Waals surface area contributed by atoms with Crippen LogP contribution in [0.15, 0.2) is 45.7 Å². The van der Waals surface area contributed by atoms with Gasteiger partial charge in [0.25, 0.3) is 0 Å². The van der Waals surface area contributed by atoms with Crippen molar-refractivity contribution in [2.24, 2.45) is 5.10 Å². The smallest absolute Gasteiger partial charge is 0.240 e. The van der Waals surface area contributed by atoms with Crippen LogP contribution in [-0.4, -0.2) is 26.1 Å². The third-order valence-electron chi connectivity index (χ3n) is 4.74. The molecule has 1 atom stereocenters. The second kappa shape index (κ2) is 6.94. The van der Waals surface area contributed by atoms with Crippen molar-refractivity contribution in [1.29, 1.82) is 0 Å². The van der Waals surface area contributed by atoms with Crippen LogP contribution in [0.1, 0.15) is 35.3 Å². The van der Waals surface area contributed by atoms with Crippen molar-refractivity contribution in [3.63, 3.8) is 0 Å². The second-order valence-corrected chi connectivity index (χ2v) is 9.20. The van der Waals surface area contributed by atoms with E-state index in [1.807, 2.05) is 0 Å². The van der Waals surface area contributed by atoms with Gasteiger partial charge < -0.3 is 0 Å². The Labute approximate surface area is 156 Å². The zero-order chi connectivity index (χ0) is 18.1. The highest BCUT2D eigenvalue weighted by Crippen LogP contribution is 2.32. The number of hydrazone groups is 1. The summed E-state index contributed by atoms with van der Waals surface area (Å²) in [6, 6.07) is 8.31. The van der Waals surface area contributed by atoms with Gasteiger partial charge in [-0.3, -0.25) is 4.79 Å². The minimum absolute atomic E-state index is 0.0636. The summed E-state index contributed by atoms with van der Waals surface area (Å²) in [5, 5.41) is 6.27. The molecule has 4 rings (SSSR count). The largest absolute Gasteiger partial charge is 0.273 e. The number of carbonyl (C=O) groups excluding carboxylic acids is 1. The number of fused-ring (bicyclic) bond motifs is 1. The number of hydrogen-bond acceptors (Lipinski definition) is 5. The number of carbonyl (C=O) groups is 1. The number of nitrogens with one attached hydrogen (secondary N) is 2. The quantitative estimate of drug-likeness (QED) is 0.840. The van der Waals surface area contributed by atoms with Gasteiger partial charge in [0.1, 0.15) is 0 Å². The minimum atomic E-state index is -3.52. The molecule has 2 aromatic rings. The SMILES string of the molecule is O=C1CCC(c2csc3c2CC(NS(=O)(=O)c2ccccc2)CC3)=NN1. The molecule has 2 heterocycles. The summed E-state index contributed by atoms with van der Waals surface area (Å²) in [5.41, 5.74) is 5.64. The molecule has 0 bridgehead atoms. The Kier molecular flexibility index (Phi) is 4.64. The Morgan fingerprint density at radius 2 is 1.96 bits per heavy atom. The number of sulfonamides is 1. The lowest BCUT2D eigenvalue weighted by molar-refractivity contribution is -0.121. The highest BCUT2D eigenvalue weighted by atomic mass is 32.2. The maximum Gasteiger partial charge on any atom is 0.240 e. The minimum Gasteiger partial charge on any atom is -0.273 e. The van der Waals surface area contributed by atoms with E-state index in [4.69, 9.17) is 0 Å². The summed E-state index contributed by atoms with van der Waals surface area (Å²) in [7, 11) is -3.52. The third-order valence-corrected chi connectivity index (χ3v) is 7.37. The topological polar surface area (TPSA) is 87.6 Å². The predicted molar refractivity (Wildman–Crippen MR) is 101 cm³/mol. The van der Waals surface area contributed by atoms with E-state index in [0.717, 1.165) is 29.7 Å². The fourth-order valence-corrected chi connectivity index (χ4v) is 5.81. The van der Waals surface area contributed by atoms with Crippen LogP contribution in [0.5, 0.6) is 0 Å². The van der Waals surface area contributed by atoms with Crippen molar-refractivity contribution in [3.05, 3.63) is 51.7 Å². The maximum absolute atomic E-state index is 12.6. The third kappa shape index (κ3) is 3.44. The van der Waals surface area contributed by atoms with Crippen LogP contribution >= 0.6 is 11.3 Å². The number of benzene rings is 1. The van der Waals surface area contributed by atoms with Crippen LogP contribution in [0.25, 0.3) is 0 Å². The van der Waals surface area contributed by atoms with Crippen molar-refractivity contribution in [2.75, 3.05) is 0 Å². The van der Waals surface area contributed by atoms with Crippen LogP contribution in [0.2, 0.25) is 0 Å². The number of nitrogens with zero attached hydrogens (tertiary/aromatic N) is 1. The van der Waals surface area contributed by atoms with Gasteiger partial charge in [0.15, 0.2) is 0 Å². The monoisotopic (exact) mass is 389 g/mol. The van der Waals surface area contributed by atoms with Gasteiger partial charge in [-0.1, -0.05) is 18.2 Å². The van der Waals surface area contributed by atoms with Crippen LogP contribution in [-0.2, 0) is 27.7 Å². The summed E-state index contributed by atoms with van der Waals surface area (Å²) in [5.74, 6) is -0.0636. The molecule has 1 aromatic heterocycles. The lowest BCUT2D eigenvalue weighted by Gasteiger charge is -2.24. The van der Waals surface area contributed by atoms with Crippen molar-refractivity contribution in [1.82, 2.24) is 10.1 Å². The van der Waals surface area contributed by atoms with E-state index >= 15 is 0 Å². The van der Waals surface area contributed by atoms with Gasteiger partial charge in [-0.05, 0) is 37.0 Å². The highest BCUT2D eigenvalue weighted by molar-refractivity contribution is 7.89. The van der Waals surface area contributed by atoms with Gasteiger partial charge in [0.05, 0.1) is 10.6 Å². The number of aryl methyl sites for hydroxylation is 1. The fourth-order valence-electron chi connectivity index (χ4n) is 3.41. The molecule has 0 spiro atoms. The van der Waals surface area contributed by atoms with Gasteiger partial charge in [-0.15, -0.1) is 11.3 Å². The van der Waals surface area contributed by atoms with Crippen molar-refractivity contribution < 1.29 is 13.2 Å². The van der Waals surface area contributed by atoms with E-state index in [1.54, 1.807) is 41.7 Å². The first-order valence-corrected chi connectivity index (χ1v) is 10.9. The Hall–Kier alpha value is -2.03. The fraction of sp³-hybridized carbons (Fsp3) is 0.333. The van der Waals surface area contributed by atoms with Crippen molar-refractivity contribution >= 4 is 33.0 Å². The van der Waals surface area contributed by atoms with Gasteiger partial charge in [-0.25, -0.2) is 18.6 Å². The van der Waals surface area contributed by atoms with E-state index in [-0.39, 0.29) is 16.8 Å². The molecule has 1 amide bonds. The van der Waals surface area contributed by atoms with Crippen molar-refractivity contribution in [2.45, 2.75) is 43.0 Å². The Balaban J connectivity index is 1.55. The average molecular weight is 390 g/mol. The molecule has 2 aliphatic rings. The summed E-state index contributed by atoms with van der Waals surface area (Å²) in [4.78, 5) is 12.9. The zero-order valence-electron chi connectivity index (χ0n) is 14.1. The van der Waals surface area contributed by atoms with Crippen LogP contribution in [0.3, 0.4) is 0 Å². The summed E-state index contributed by atoms with van der Waals surface area (Å²) in [6.07, 6.45) is 3.33. The summed E-state index contributed by atoms with van der Waals surface area (Å²) < 4.78 is 28.0. The average Bonchev–Trinajstić information content (AvgIpc) is 3.06. The lowest BCUT2D eigenvalue weighted by atomic mass is 9.90. The first-order valence-electron chi connectivity index (χ1n) is 8.55. The van der Waals surface area contributed by atoms with E-state index in [0.29, 0.717) is 19.3 Å². The maximum atomic E-state index is 12.6. The van der Waals surface area contributed by atoms with Gasteiger partial charge in [-0.2, -0.15) is 5.10 Å². The van der Waals surface area contributed by atoms with E-state index < -0.39 is 10.0 Å². The van der Waals surface area contributed by atoms with Gasteiger partial charge >= 0.3 is 0 Å². The Morgan fingerprint density at radius 1 is 1.15 bits per heavy atom. The van der Waals surface area contributed by atoms with E-state index in [1.165, 1.54) is 4.88 Å². The summed E-state index contributed by atoms with van der Waals surface area (Å²) >= 11 is 1.69.